The molecule has 1 heterocycles. The van der Waals surface area contributed by atoms with Crippen molar-refractivity contribution in [2.75, 3.05) is 0 Å². The summed E-state index contributed by atoms with van der Waals surface area (Å²) in [5, 5.41) is 1.23. The Morgan fingerprint density at radius 2 is 1.77 bits per heavy atom. The van der Waals surface area contributed by atoms with Gasteiger partial charge in [0.2, 0.25) is 0 Å². The molecule has 1 saturated carbocycles. The third-order valence-electron chi connectivity index (χ3n) is 5.68. The predicted molar refractivity (Wildman–Crippen MR) is 112 cm³/mol. The van der Waals surface area contributed by atoms with Crippen molar-refractivity contribution in [3.8, 4) is 11.3 Å². The quantitative estimate of drug-likeness (QED) is 0.464. The maximum absolute atomic E-state index is 7.74. The number of aryl methyl sites for hydroxylation is 2. The summed E-state index contributed by atoms with van der Waals surface area (Å²) in [5.41, 5.74) is 5.39. The molecular weight excluding hydrogens is 314 g/mol. The summed E-state index contributed by atoms with van der Waals surface area (Å²) in [7, 11) is 0. The van der Waals surface area contributed by atoms with Crippen LogP contribution in [0.2, 0.25) is 0 Å². The molecule has 4 rings (SSSR count). The lowest BCUT2D eigenvalue weighted by atomic mass is 9.90. The van der Waals surface area contributed by atoms with E-state index in [0.717, 1.165) is 34.7 Å². The second-order valence-corrected chi connectivity index (χ2v) is 7.83. The maximum atomic E-state index is 7.74. The second-order valence-electron chi connectivity index (χ2n) is 7.83. The molecule has 1 heteroatoms. The highest BCUT2D eigenvalue weighted by atomic mass is 14.7. The molecule has 0 bridgehead atoms. The normalized spacial score (nSPS) is 18.1. The van der Waals surface area contributed by atoms with Gasteiger partial charge in [0.25, 0.3) is 0 Å². The summed E-state index contributed by atoms with van der Waals surface area (Å²) >= 11 is 0. The molecular formula is C25H29N. The molecule has 134 valence electrons. The summed E-state index contributed by atoms with van der Waals surface area (Å²) in [6, 6.07) is 16.1. The van der Waals surface area contributed by atoms with Crippen molar-refractivity contribution in [2.24, 2.45) is 5.92 Å². The standard InChI is InChI=1S/C25H29N/c1-18-14-19(2)16-22(15-18)24-13-12-23-21(10-7-11-25(23)26-24)17-20-8-5-3-4-6-9-20/h7,10-16,20H,3-6,8-9,17H2,1-2H3/i1D3. The van der Waals surface area contributed by atoms with Gasteiger partial charge in [-0.15, -0.1) is 0 Å². The van der Waals surface area contributed by atoms with Crippen LogP contribution in [0.1, 0.15) is 59.3 Å². The summed E-state index contributed by atoms with van der Waals surface area (Å²) in [4.78, 5) is 4.90. The van der Waals surface area contributed by atoms with Gasteiger partial charge in [-0.2, -0.15) is 0 Å². The van der Waals surface area contributed by atoms with Crippen molar-refractivity contribution in [1.29, 1.82) is 0 Å². The summed E-state index contributed by atoms with van der Waals surface area (Å²) in [6.07, 6.45) is 9.28. The van der Waals surface area contributed by atoms with Crippen LogP contribution in [0.25, 0.3) is 22.2 Å². The van der Waals surface area contributed by atoms with Crippen molar-refractivity contribution in [3.05, 3.63) is 65.2 Å². The van der Waals surface area contributed by atoms with Gasteiger partial charge >= 0.3 is 0 Å². The van der Waals surface area contributed by atoms with Gasteiger partial charge in [0, 0.05) is 15.1 Å². The first-order chi connectivity index (χ1) is 13.9. The first-order valence-electron chi connectivity index (χ1n) is 11.4. The molecule has 0 spiro atoms. The third-order valence-corrected chi connectivity index (χ3v) is 5.68. The summed E-state index contributed by atoms with van der Waals surface area (Å²) in [5.74, 6) is 0.779. The molecule has 1 nitrogen and oxygen atoms in total. The fraction of sp³-hybridized carbons (Fsp3) is 0.400. The van der Waals surface area contributed by atoms with Gasteiger partial charge in [-0.1, -0.05) is 73.9 Å². The van der Waals surface area contributed by atoms with Gasteiger partial charge < -0.3 is 0 Å². The Balaban J connectivity index is 1.68. The lowest BCUT2D eigenvalue weighted by Crippen LogP contribution is -2.04. The molecule has 3 aromatic rings. The van der Waals surface area contributed by atoms with Gasteiger partial charge in [0.15, 0.2) is 0 Å². The molecule has 0 radical (unpaired) electrons. The van der Waals surface area contributed by atoms with E-state index in [9.17, 15) is 0 Å². The van der Waals surface area contributed by atoms with Crippen LogP contribution in [-0.2, 0) is 6.42 Å². The Kier molecular flexibility index (Phi) is 4.09. The van der Waals surface area contributed by atoms with Gasteiger partial charge in [0.05, 0.1) is 11.2 Å². The van der Waals surface area contributed by atoms with Crippen LogP contribution in [0.3, 0.4) is 0 Å². The van der Waals surface area contributed by atoms with Crippen LogP contribution in [0.5, 0.6) is 0 Å². The minimum Gasteiger partial charge on any atom is -0.248 e. The van der Waals surface area contributed by atoms with Crippen molar-refractivity contribution >= 4 is 10.9 Å². The van der Waals surface area contributed by atoms with Crippen molar-refractivity contribution in [1.82, 2.24) is 4.98 Å². The van der Waals surface area contributed by atoms with Crippen LogP contribution in [0.15, 0.2) is 48.5 Å². The summed E-state index contributed by atoms with van der Waals surface area (Å²) < 4.78 is 23.2. The highest BCUT2D eigenvalue weighted by Gasteiger charge is 2.14. The van der Waals surface area contributed by atoms with Crippen LogP contribution < -0.4 is 0 Å². The predicted octanol–water partition coefficient (Wildman–Crippen LogP) is 7.03. The van der Waals surface area contributed by atoms with Gasteiger partial charge in [-0.05, 0) is 55.9 Å². The molecule has 0 aliphatic heterocycles. The van der Waals surface area contributed by atoms with Gasteiger partial charge in [-0.25, -0.2) is 4.98 Å². The van der Waals surface area contributed by atoms with E-state index in [1.54, 1.807) is 12.1 Å². The second kappa shape index (κ2) is 7.61. The molecule has 0 unspecified atom stereocenters. The number of aromatic nitrogens is 1. The summed E-state index contributed by atoms with van der Waals surface area (Å²) in [6.45, 7) is -0.172. The zero-order valence-electron chi connectivity index (χ0n) is 18.6. The van der Waals surface area contributed by atoms with E-state index < -0.39 is 6.85 Å². The van der Waals surface area contributed by atoms with E-state index in [0.29, 0.717) is 5.56 Å². The average molecular weight is 347 g/mol. The Morgan fingerprint density at radius 3 is 2.58 bits per heavy atom. The molecule has 1 aliphatic carbocycles. The van der Waals surface area contributed by atoms with Crippen LogP contribution in [0, 0.1) is 19.7 Å². The van der Waals surface area contributed by atoms with Crippen molar-refractivity contribution in [2.45, 2.75) is 58.7 Å². The fourth-order valence-electron chi connectivity index (χ4n) is 4.37. The molecule has 0 N–H and O–H groups in total. The van der Waals surface area contributed by atoms with E-state index >= 15 is 0 Å². The van der Waals surface area contributed by atoms with Crippen LogP contribution in [-0.4, -0.2) is 4.98 Å². The van der Waals surface area contributed by atoms with E-state index in [4.69, 9.17) is 9.10 Å². The molecule has 0 atom stereocenters. The number of nitrogens with zero attached hydrogens (tertiary/aromatic N) is 1. The minimum absolute atomic E-state index is 0.372. The zero-order valence-corrected chi connectivity index (χ0v) is 15.6. The molecule has 26 heavy (non-hydrogen) atoms. The SMILES string of the molecule is [2H]C([2H])([2H])c1cc(C)cc(-c2ccc3c(CC4CCCCCC4)cccc3n2)c1. The Morgan fingerprint density at radius 1 is 0.962 bits per heavy atom. The molecule has 2 aromatic carbocycles. The molecule has 0 amide bonds. The zero-order chi connectivity index (χ0) is 20.4. The van der Waals surface area contributed by atoms with E-state index in [2.05, 4.69) is 24.3 Å². The number of pyridine rings is 1. The van der Waals surface area contributed by atoms with E-state index in [1.165, 1.54) is 49.5 Å². The van der Waals surface area contributed by atoms with Crippen molar-refractivity contribution < 1.29 is 4.11 Å². The number of hydrogen-bond acceptors (Lipinski definition) is 1. The third kappa shape index (κ3) is 3.82. The number of benzene rings is 2. The Labute approximate surface area is 161 Å². The Bertz CT molecular complexity index is 999. The monoisotopic (exact) mass is 346 g/mol. The van der Waals surface area contributed by atoms with Crippen molar-refractivity contribution in [3.63, 3.8) is 0 Å². The average Bonchev–Trinajstić information content (AvgIpc) is 2.95. The Hall–Kier alpha value is -2.15. The fourth-order valence-corrected chi connectivity index (χ4v) is 4.37. The molecule has 1 aliphatic rings. The topological polar surface area (TPSA) is 12.9 Å². The number of fused-ring (bicyclic) bond motifs is 1. The number of rotatable bonds is 3. The van der Waals surface area contributed by atoms with Crippen LogP contribution in [0.4, 0.5) is 0 Å². The highest BCUT2D eigenvalue weighted by molar-refractivity contribution is 5.84. The molecule has 1 fully saturated rings. The first-order valence-corrected chi connectivity index (χ1v) is 9.91. The first kappa shape index (κ1) is 14.0. The minimum atomic E-state index is -2.11. The van der Waals surface area contributed by atoms with Gasteiger partial charge in [0.1, 0.15) is 0 Å². The number of hydrogen-bond donors (Lipinski definition) is 0. The lowest BCUT2D eigenvalue weighted by molar-refractivity contribution is 0.459. The molecule has 1 aromatic heterocycles. The largest absolute Gasteiger partial charge is 0.248 e. The van der Waals surface area contributed by atoms with Gasteiger partial charge in [-0.3, -0.25) is 0 Å². The smallest absolute Gasteiger partial charge is 0.0712 e. The highest BCUT2D eigenvalue weighted by Crippen LogP contribution is 2.30. The van der Waals surface area contributed by atoms with E-state index in [1.807, 2.05) is 19.1 Å². The van der Waals surface area contributed by atoms with E-state index in [-0.39, 0.29) is 0 Å². The lowest BCUT2D eigenvalue weighted by Gasteiger charge is -2.16. The maximum Gasteiger partial charge on any atom is 0.0712 e. The molecule has 0 saturated heterocycles. The van der Waals surface area contributed by atoms with Crippen LogP contribution >= 0.6 is 0 Å².